The van der Waals surface area contributed by atoms with E-state index in [1.54, 1.807) is 4.90 Å². The fourth-order valence-corrected chi connectivity index (χ4v) is 2.84. The molecule has 1 aromatic rings. The van der Waals surface area contributed by atoms with Crippen molar-refractivity contribution in [2.24, 2.45) is 12.8 Å². The minimum atomic E-state index is -0.687. The van der Waals surface area contributed by atoms with Crippen molar-refractivity contribution in [1.82, 2.24) is 29.9 Å². The van der Waals surface area contributed by atoms with Crippen molar-refractivity contribution in [1.29, 1.82) is 0 Å². The van der Waals surface area contributed by atoms with Crippen molar-refractivity contribution in [2.45, 2.75) is 25.3 Å². The Morgan fingerprint density at radius 3 is 2.78 bits per heavy atom. The molecule has 9 heteroatoms. The number of likely N-dealkylation sites (tertiary alicyclic amines) is 1. The molecule has 2 heterocycles. The van der Waals surface area contributed by atoms with E-state index in [9.17, 15) is 9.59 Å². The van der Waals surface area contributed by atoms with Gasteiger partial charge in [0.2, 0.25) is 5.91 Å². The van der Waals surface area contributed by atoms with Crippen molar-refractivity contribution in [3.8, 4) is 0 Å². The van der Waals surface area contributed by atoms with Gasteiger partial charge in [0.05, 0.1) is 13.1 Å². The summed E-state index contributed by atoms with van der Waals surface area (Å²) >= 11 is 0. The van der Waals surface area contributed by atoms with E-state index >= 15 is 0 Å². The van der Waals surface area contributed by atoms with Gasteiger partial charge in [0.15, 0.2) is 0 Å². The summed E-state index contributed by atoms with van der Waals surface area (Å²) in [5.74, 6) is 1.85. The molecule has 0 unspecified atom stereocenters. The molecule has 1 saturated heterocycles. The van der Waals surface area contributed by atoms with Crippen LogP contribution in [0.4, 0.5) is 4.79 Å². The molecule has 0 spiro atoms. The van der Waals surface area contributed by atoms with Gasteiger partial charge >= 0.3 is 6.03 Å². The van der Waals surface area contributed by atoms with Crippen molar-refractivity contribution < 1.29 is 9.59 Å². The molecule has 23 heavy (non-hydrogen) atoms. The summed E-state index contributed by atoms with van der Waals surface area (Å²) < 4.78 is 2.01. The fourth-order valence-electron chi connectivity index (χ4n) is 2.84. The molecule has 0 saturated carbocycles. The van der Waals surface area contributed by atoms with Crippen LogP contribution in [0.5, 0.6) is 0 Å². The van der Waals surface area contributed by atoms with E-state index in [0.717, 1.165) is 31.0 Å². The molecule has 1 atom stereocenters. The second-order valence-corrected chi connectivity index (χ2v) is 6.17. The van der Waals surface area contributed by atoms with Crippen molar-refractivity contribution >= 4 is 11.9 Å². The molecule has 9 nitrogen and oxygen atoms in total. The zero-order valence-corrected chi connectivity index (χ0v) is 13.9. The molecule has 0 aromatic carbocycles. The van der Waals surface area contributed by atoms with Crippen molar-refractivity contribution in [3.63, 3.8) is 0 Å². The summed E-state index contributed by atoms with van der Waals surface area (Å²) in [6.07, 6.45) is 1.88. The monoisotopic (exact) mass is 323 g/mol. The van der Waals surface area contributed by atoms with Gasteiger partial charge in [-0.1, -0.05) is 0 Å². The molecule has 1 aliphatic rings. The first-order valence-electron chi connectivity index (χ1n) is 7.72. The number of hydrogen-bond donors (Lipinski definition) is 2. The summed E-state index contributed by atoms with van der Waals surface area (Å²) in [5, 5.41) is 10.9. The first-order valence-corrected chi connectivity index (χ1v) is 7.72. The van der Waals surface area contributed by atoms with Gasteiger partial charge in [-0.3, -0.25) is 4.79 Å². The van der Waals surface area contributed by atoms with E-state index in [1.165, 1.54) is 0 Å². The first kappa shape index (κ1) is 17.2. The van der Waals surface area contributed by atoms with Crippen LogP contribution in [0.3, 0.4) is 0 Å². The average Bonchev–Trinajstić information content (AvgIpc) is 2.85. The number of urea groups is 1. The second-order valence-electron chi connectivity index (χ2n) is 6.17. The third kappa shape index (κ3) is 4.41. The number of carbonyl (C=O) groups excluding carboxylic acids is 2. The van der Waals surface area contributed by atoms with E-state index < -0.39 is 6.03 Å². The van der Waals surface area contributed by atoms with Crippen molar-refractivity contribution in [2.75, 3.05) is 33.7 Å². The lowest BCUT2D eigenvalue weighted by molar-refractivity contribution is -0.131. The highest BCUT2D eigenvalue weighted by Gasteiger charge is 2.28. The number of primary amides is 1. The lowest BCUT2D eigenvalue weighted by Crippen LogP contribution is -2.45. The van der Waals surface area contributed by atoms with Crippen LogP contribution in [-0.2, 0) is 18.4 Å². The Bertz CT molecular complexity index is 569. The number of amides is 3. The van der Waals surface area contributed by atoms with Crippen LogP contribution in [0, 0.1) is 0 Å². The summed E-state index contributed by atoms with van der Waals surface area (Å²) in [6, 6.07) is -0.687. The number of nitrogens with two attached hydrogens (primary N) is 1. The third-order valence-electron chi connectivity index (χ3n) is 4.01. The van der Waals surface area contributed by atoms with Gasteiger partial charge in [-0.25, -0.2) is 4.79 Å². The van der Waals surface area contributed by atoms with Gasteiger partial charge < -0.3 is 25.4 Å². The standard InChI is InChI=1S/C14H25N7O2/c1-19(2)9-11-17-18-13(20(11)3)10-5-4-6-21(8-10)12(22)7-16-14(15)23/h10H,4-9H2,1-3H3,(H3,15,16,23)/t10-/m0/s1. The van der Waals surface area contributed by atoms with Gasteiger partial charge in [-0.15, -0.1) is 10.2 Å². The number of nitrogens with one attached hydrogen (secondary N) is 1. The highest BCUT2D eigenvalue weighted by Crippen LogP contribution is 2.25. The number of carbonyl (C=O) groups is 2. The van der Waals surface area contributed by atoms with E-state index in [2.05, 4.69) is 15.5 Å². The number of aromatic nitrogens is 3. The normalized spacial score (nSPS) is 18.3. The number of nitrogens with zero attached hydrogens (tertiary/aromatic N) is 5. The van der Waals surface area contributed by atoms with Crippen LogP contribution in [0.1, 0.15) is 30.4 Å². The Labute approximate surface area is 135 Å². The van der Waals surface area contributed by atoms with Gasteiger partial charge in [0, 0.05) is 26.1 Å². The van der Waals surface area contributed by atoms with Crippen LogP contribution in [0.15, 0.2) is 0 Å². The average molecular weight is 323 g/mol. The maximum atomic E-state index is 12.1. The molecule has 2 rings (SSSR count). The highest BCUT2D eigenvalue weighted by atomic mass is 16.2. The highest BCUT2D eigenvalue weighted by molar-refractivity contribution is 5.83. The molecule has 128 valence electrons. The minimum absolute atomic E-state index is 0.0627. The first-order chi connectivity index (χ1) is 10.9. The molecule has 3 amide bonds. The van der Waals surface area contributed by atoms with Crippen LogP contribution in [-0.4, -0.2) is 70.2 Å². The number of rotatable bonds is 5. The van der Waals surface area contributed by atoms with Gasteiger partial charge in [-0.2, -0.15) is 0 Å². The van der Waals surface area contributed by atoms with Crippen LogP contribution < -0.4 is 11.1 Å². The zero-order valence-electron chi connectivity index (χ0n) is 13.9. The minimum Gasteiger partial charge on any atom is -0.352 e. The molecule has 0 radical (unpaired) electrons. The quantitative estimate of drug-likeness (QED) is 0.741. The van der Waals surface area contributed by atoms with E-state index in [4.69, 9.17) is 5.73 Å². The Morgan fingerprint density at radius 2 is 2.13 bits per heavy atom. The van der Waals surface area contributed by atoms with E-state index in [-0.39, 0.29) is 18.4 Å². The molecular weight excluding hydrogens is 298 g/mol. The molecule has 1 aliphatic heterocycles. The molecule has 1 fully saturated rings. The van der Waals surface area contributed by atoms with Gasteiger partial charge in [-0.05, 0) is 26.9 Å². The van der Waals surface area contributed by atoms with E-state index in [1.807, 2.05) is 30.6 Å². The maximum Gasteiger partial charge on any atom is 0.312 e. The Balaban J connectivity index is 2.02. The molecule has 0 bridgehead atoms. The summed E-state index contributed by atoms with van der Waals surface area (Å²) in [6.45, 7) is 1.94. The Kier molecular flexibility index (Phi) is 5.54. The maximum absolute atomic E-state index is 12.1. The van der Waals surface area contributed by atoms with Gasteiger partial charge in [0.1, 0.15) is 11.6 Å². The predicted octanol–water partition coefficient (Wildman–Crippen LogP) is -0.749. The number of piperidine rings is 1. The van der Waals surface area contributed by atoms with Crippen molar-refractivity contribution in [3.05, 3.63) is 11.6 Å². The SMILES string of the molecule is CN(C)Cc1nnc([C@H]2CCCN(C(=O)CNC(N)=O)C2)n1C. The van der Waals surface area contributed by atoms with Crippen LogP contribution in [0.25, 0.3) is 0 Å². The molecule has 3 N–H and O–H groups in total. The Hall–Kier alpha value is -2.16. The lowest BCUT2D eigenvalue weighted by atomic mass is 9.97. The summed E-state index contributed by atoms with van der Waals surface area (Å²) in [4.78, 5) is 26.6. The van der Waals surface area contributed by atoms with Crippen LogP contribution >= 0.6 is 0 Å². The molecular formula is C14H25N7O2. The zero-order chi connectivity index (χ0) is 17.0. The topological polar surface area (TPSA) is 109 Å². The van der Waals surface area contributed by atoms with Crippen LogP contribution in [0.2, 0.25) is 0 Å². The molecule has 0 aliphatic carbocycles. The second kappa shape index (κ2) is 7.40. The van der Waals surface area contributed by atoms with Gasteiger partial charge in [0.25, 0.3) is 0 Å². The fraction of sp³-hybridized carbons (Fsp3) is 0.714. The predicted molar refractivity (Wildman–Crippen MR) is 84.5 cm³/mol. The lowest BCUT2D eigenvalue weighted by Gasteiger charge is -2.32. The smallest absolute Gasteiger partial charge is 0.312 e. The molecule has 1 aromatic heterocycles. The third-order valence-corrected chi connectivity index (χ3v) is 4.01. The number of hydrogen-bond acceptors (Lipinski definition) is 5. The Morgan fingerprint density at radius 1 is 1.39 bits per heavy atom. The van der Waals surface area contributed by atoms with E-state index in [0.29, 0.717) is 13.1 Å². The summed E-state index contributed by atoms with van der Waals surface area (Å²) in [7, 11) is 5.94. The summed E-state index contributed by atoms with van der Waals surface area (Å²) in [5.41, 5.74) is 5.00. The largest absolute Gasteiger partial charge is 0.352 e.